The van der Waals surface area contributed by atoms with Crippen molar-refractivity contribution in [3.8, 4) is 17.2 Å². The first-order valence-corrected chi connectivity index (χ1v) is 5.85. The van der Waals surface area contributed by atoms with Gasteiger partial charge >= 0.3 is 6.09 Å². The molecule has 0 aliphatic heterocycles. The van der Waals surface area contributed by atoms with Crippen molar-refractivity contribution in [1.29, 1.82) is 0 Å². The van der Waals surface area contributed by atoms with Gasteiger partial charge in [0.05, 0.1) is 21.3 Å². The molecule has 19 heavy (non-hydrogen) atoms. The van der Waals surface area contributed by atoms with E-state index < -0.39 is 6.09 Å². The maximum atomic E-state index is 11.2. The van der Waals surface area contributed by atoms with Crippen LogP contribution >= 0.6 is 0 Å². The molecule has 0 saturated carbocycles. The van der Waals surface area contributed by atoms with Crippen LogP contribution < -0.4 is 19.5 Å². The van der Waals surface area contributed by atoms with Crippen LogP contribution in [0.25, 0.3) is 0 Å². The standard InChI is InChI=1S/C13H19NO5/c1-5-14-13(15)19-8-9-6-10(16-2)12(18-4)11(7-9)17-3/h6-7H,5,8H2,1-4H3,(H,14,15). The van der Waals surface area contributed by atoms with E-state index in [1.807, 2.05) is 6.92 Å². The first kappa shape index (κ1) is 14.9. The van der Waals surface area contributed by atoms with Crippen LogP contribution in [-0.4, -0.2) is 34.0 Å². The number of ether oxygens (including phenoxy) is 4. The minimum atomic E-state index is -0.462. The summed E-state index contributed by atoms with van der Waals surface area (Å²) in [5.74, 6) is 1.56. The normalized spacial score (nSPS) is 9.68. The average Bonchev–Trinajstić information content (AvgIpc) is 2.44. The highest BCUT2D eigenvalue weighted by Crippen LogP contribution is 2.38. The summed E-state index contributed by atoms with van der Waals surface area (Å²) < 4.78 is 20.7. The molecule has 0 fully saturated rings. The molecular formula is C13H19NO5. The van der Waals surface area contributed by atoms with Crippen molar-refractivity contribution in [3.05, 3.63) is 17.7 Å². The van der Waals surface area contributed by atoms with Gasteiger partial charge in [-0.2, -0.15) is 0 Å². The van der Waals surface area contributed by atoms with Crippen LogP contribution in [0.15, 0.2) is 12.1 Å². The molecule has 6 nitrogen and oxygen atoms in total. The fraction of sp³-hybridized carbons (Fsp3) is 0.462. The average molecular weight is 269 g/mol. The van der Waals surface area contributed by atoms with E-state index >= 15 is 0 Å². The molecule has 0 radical (unpaired) electrons. The number of carbonyl (C=O) groups is 1. The number of nitrogens with one attached hydrogen (secondary N) is 1. The van der Waals surface area contributed by atoms with E-state index in [2.05, 4.69) is 5.32 Å². The Hall–Kier alpha value is -2.11. The molecule has 0 aromatic heterocycles. The van der Waals surface area contributed by atoms with E-state index in [-0.39, 0.29) is 6.61 Å². The van der Waals surface area contributed by atoms with Crippen LogP contribution in [-0.2, 0) is 11.3 Å². The maximum absolute atomic E-state index is 11.2. The Balaban J connectivity index is 2.87. The number of benzene rings is 1. The van der Waals surface area contributed by atoms with E-state index in [9.17, 15) is 4.79 Å². The summed E-state index contributed by atoms with van der Waals surface area (Å²) in [6.07, 6.45) is -0.462. The lowest BCUT2D eigenvalue weighted by Crippen LogP contribution is -2.23. The predicted octanol–water partition coefficient (Wildman–Crippen LogP) is 1.96. The number of hydrogen-bond acceptors (Lipinski definition) is 5. The van der Waals surface area contributed by atoms with Crippen molar-refractivity contribution in [1.82, 2.24) is 5.32 Å². The number of alkyl carbamates (subject to hydrolysis) is 1. The zero-order valence-corrected chi connectivity index (χ0v) is 11.6. The summed E-state index contributed by atoms with van der Waals surface area (Å²) in [6.45, 7) is 2.47. The predicted molar refractivity (Wildman–Crippen MR) is 70.0 cm³/mol. The van der Waals surface area contributed by atoms with E-state index in [0.717, 1.165) is 5.56 Å². The van der Waals surface area contributed by atoms with Crippen LogP contribution in [0.3, 0.4) is 0 Å². The van der Waals surface area contributed by atoms with Crippen LogP contribution in [0.2, 0.25) is 0 Å². The molecule has 0 spiro atoms. The Morgan fingerprint density at radius 2 is 1.68 bits per heavy atom. The van der Waals surface area contributed by atoms with E-state index in [0.29, 0.717) is 23.8 Å². The Kier molecular flexibility index (Phi) is 5.78. The van der Waals surface area contributed by atoms with Gasteiger partial charge in [0, 0.05) is 6.54 Å². The monoisotopic (exact) mass is 269 g/mol. The van der Waals surface area contributed by atoms with Crippen LogP contribution in [0.5, 0.6) is 17.2 Å². The Labute approximate surface area is 112 Å². The molecule has 0 saturated heterocycles. The molecule has 0 unspecified atom stereocenters. The second-order valence-electron chi connectivity index (χ2n) is 3.64. The third-order valence-electron chi connectivity index (χ3n) is 2.42. The third-order valence-corrected chi connectivity index (χ3v) is 2.42. The molecule has 1 amide bonds. The van der Waals surface area contributed by atoms with Crippen molar-refractivity contribution in [2.45, 2.75) is 13.5 Å². The summed E-state index contributed by atoms with van der Waals surface area (Å²) >= 11 is 0. The summed E-state index contributed by atoms with van der Waals surface area (Å²) in [6, 6.07) is 3.47. The van der Waals surface area contributed by atoms with Gasteiger partial charge in [-0.05, 0) is 24.6 Å². The highest BCUT2D eigenvalue weighted by molar-refractivity contribution is 5.67. The number of methoxy groups -OCH3 is 3. The van der Waals surface area contributed by atoms with E-state index in [1.54, 1.807) is 12.1 Å². The van der Waals surface area contributed by atoms with Crippen molar-refractivity contribution in [2.75, 3.05) is 27.9 Å². The molecule has 1 N–H and O–H groups in total. The van der Waals surface area contributed by atoms with Gasteiger partial charge in [0.2, 0.25) is 5.75 Å². The fourth-order valence-corrected chi connectivity index (χ4v) is 1.56. The second kappa shape index (κ2) is 7.35. The highest BCUT2D eigenvalue weighted by Gasteiger charge is 2.13. The molecule has 6 heteroatoms. The quantitative estimate of drug-likeness (QED) is 0.855. The highest BCUT2D eigenvalue weighted by atomic mass is 16.5. The number of rotatable bonds is 6. The van der Waals surface area contributed by atoms with Crippen molar-refractivity contribution in [2.24, 2.45) is 0 Å². The topological polar surface area (TPSA) is 66.0 Å². The molecule has 0 aliphatic carbocycles. The Morgan fingerprint density at radius 1 is 1.11 bits per heavy atom. The molecular weight excluding hydrogens is 250 g/mol. The molecule has 0 aliphatic rings. The summed E-state index contributed by atoms with van der Waals surface area (Å²) in [5, 5.41) is 2.55. The second-order valence-corrected chi connectivity index (χ2v) is 3.64. The lowest BCUT2D eigenvalue weighted by atomic mass is 10.2. The first-order chi connectivity index (χ1) is 9.15. The minimum absolute atomic E-state index is 0.128. The molecule has 0 atom stereocenters. The molecule has 106 valence electrons. The van der Waals surface area contributed by atoms with Crippen molar-refractivity contribution < 1.29 is 23.7 Å². The molecule has 1 rings (SSSR count). The largest absolute Gasteiger partial charge is 0.493 e. The number of amides is 1. The van der Waals surface area contributed by atoms with Crippen LogP contribution in [0.1, 0.15) is 12.5 Å². The van der Waals surface area contributed by atoms with Gasteiger partial charge in [-0.15, -0.1) is 0 Å². The zero-order chi connectivity index (χ0) is 14.3. The maximum Gasteiger partial charge on any atom is 0.407 e. The van der Waals surface area contributed by atoms with Gasteiger partial charge < -0.3 is 24.3 Å². The number of carbonyl (C=O) groups excluding carboxylic acids is 1. The first-order valence-electron chi connectivity index (χ1n) is 5.85. The zero-order valence-electron chi connectivity index (χ0n) is 11.6. The Bertz CT molecular complexity index is 408. The lowest BCUT2D eigenvalue weighted by Gasteiger charge is -2.14. The van der Waals surface area contributed by atoms with Crippen molar-refractivity contribution >= 4 is 6.09 Å². The fourth-order valence-electron chi connectivity index (χ4n) is 1.56. The summed E-state index contributed by atoms with van der Waals surface area (Å²) in [4.78, 5) is 11.2. The van der Waals surface area contributed by atoms with Crippen LogP contribution in [0.4, 0.5) is 4.79 Å². The Morgan fingerprint density at radius 3 is 2.11 bits per heavy atom. The van der Waals surface area contributed by atoms with E-state index in [4.69, 9.17) is 18.9 Å². The molecule has 1 aromatic carbocycles. The van der Waals surface area contributed by atoms with Gasteiger partial charge in [0.1, 0.15) is 6.61 Å². The summed E-state index contributed by atoms with van der Waals surface area (Å²) in [7, 11) is 4.60. The molecule has 0 heterocycles. The number of hydrogen-bond donors (Lipinski definition) is 1. The third kappa shape index (κ3) is 3.94. The molecule has 1 aromatic rings. The smallest absolute Gasteiger partial charge is 0.407 e. The molecule has 0 bridgehead atoms. The van der Waals surface area contributed by atoms with Crippen LogP contribution in [0, 0.1) is 0 Å². The van der Waals surface area contributed by atoms with Gasteiger partial charge in [0.15, 0.2) is 11.5 Å². The SMILES string of the molecule is CCNC(=O)OCc1cc(OC)c(OC)c(OC)c1. The summed E-state index contributed by atoms with van der Waals surface area (Å²) in [5.41, 5.74) is 0.751. The van der Waals surface area contributed by atoms with Gasteiger partial charge in [0.25, 0.3) is 0 Å². The van der Waals surface area contributed by atoms with Gasteiger partial charge in [-0.25, -0.2) is 4.79 Å². The van der Waals surface area contributed by atoms with Crippen molar-refractivity contribution in [3.63, 3.8) is 0 Å². The van der Waals surface area contributed by atoms with Gasteiger partial charge in [-0.3, -0.25) is 0 Å². The van der Waals surface area contributed by atoms with E-state index in [1.165, 1.54) is 21.3 Å². The van der Waals surface area contributed by atoms with Gasteiger partial charge in [-0.1, -0.05) is 0 Å². The minimum Gasteiger partial charge on any atom is -0.493 e. The lowest BCUT2D eigenvalue weighted by molar-refractivity contribution is 0.140.